The van der Waals surface area contributed by atoms with Crippen LogP contribution in [0.4, 0.5) is 0 Å². The van der Waals surface area contributed by atoms with Crippen molar-refractivity contribution in [1.82, 2.24) is 5.32 Å². The fraction of sp³-hybridized carbons (Fsp3) is 0.611. The summed E-state index contributed by atoms with van der Waals surface area (Å²) in [5.41, 5.74) is -0.142. The molecule has 4 heteroatoms. The highest BCUT2D eigenvalue weighted by Gasteiger charge is 2.29. The number of para-hydroxylation sites is 2. The van der Waals surface area contributed by atoms with Crippen LogP contribution < -0.4 is 14.8 Å². The summed E-state index contributed by atoms with van der Waals surface area (Å²) < 4.78 is 11.0. The molecule has 0 aliphatic rings. The first kappa shape index (κ1) is 18.3. The number of hydrogen-bond donors (Lipinski definition) is 1. The molecule has 0 aromatic heterocycles. The summed E-state index contributed by atoms with van der Waals surface area (Å²) in [6.45, 7) is 12.3. The second-order valence-corrected chi connectivity index (χ2v) is 7.52. The van der Waals surface area contributed by atoms with Gasteiger partial charge in [0, 0.05) is 5.54 Å². The minimum absolute atomic E-state index is 0.125. The molecule has 4 nitrogen and oxygen atoms in total. The Kier molecular flexibility index (Phi) is 5.86. The highest BCUT2D eigenvalue weighted by atomic mass is 16.5. The molecule has 124 valence electrons. The van der Waals surface area contributed by atoms with Crippen LogP contribution in [-0.4, -0.2) is 24.7 Å². The van der Waals surface area contributed by atoms with Gasteiger partial charge in [-0.05, 0) is 44.7 Å². The summed E-state index contributed by atoms with van der Waals surface area (Å²) in [4.78, 5) is 12.4. The van der Waals surface area contributed by atoms with E-state index in [2.05, 4.69) is 26.1 Å². The third-order valence-electron chi connectivity index (χ3n) is 3.18. The van der Waals surface area contributed by atoms with E-state index in [1.54, 1.807) is 20.1 Å². The zero-order chi connectivity index (χ0) is 17.0. The van der Waals surface area contributed by atoms with E-state index in [4.69, 9.17) is 9.47 Å². The van der Waals surface area contributed by atoms with Crippen LogP contribution in [0.3, 0.4) is 0 Å². The molecule has 0 heterocycles. The Morgan fingerprint density at radius 1 is 1.14 bits per heavy atom. The molecule has 0 saturated carbocycles. The van der Waals surface area contributed by atoms with Crippen LogP contribution in [0.5, 0.6) is 11.5 Å². The molecule has 1 rings (SSSR count). The molecule has 1 atom stereocenters. The van der Waals surface area contributed by atoms with Gasteiger partial charge in [-0.1, -0.05) is 32.9 Å². The molecule has 22 heavy (non-hydrogen) atoms. The Labute approximate surface area is 134 Å². The third-order valence-corrected chi connectivity index (χ3v) is 3.18. The van der Waals surface area contributed by atoms with Crippen LogP contribution >= 0.6 is 0 Å². The molecule has 1 N–H and O–H groups in total. The first-order valence-corrected chi connectivity index (χ1v) is 7.66. The second-order valence-electron chi connectivity index (χ2n) is 7.52. The molecule has 0 spiro atoms. The molecule has 0 aliphatic heterocycles. The van der Waals surface area contributed by atoms with E-state index in [-0.39, 0.29) is 16.9 Å². The van der Waals surface area contributed by atoms with Crippen molar-refractivity contribution in [2.45, 2.75) is 59.6 Å². The van der Waals surface area contributed by atoms with Gasteiger partial charge in [-0.15, -0.1) is 0 Å². The maximum Gasteiger partial charge on any atom is 0.261 e. The van der Waals surface area contributed by atoms with Crippen LogP contribution in [0.1, 0.15) is 48.0 Å². The maximum atomic E-state index is 12.4. The Bertz CT molecular complexity index is 503. The van der Waals surface area contributed by atoms with Gasteiger partial charge in [-0.2, -0.15) is 0 Å². The maximum absolute atomic E-state index is 12.4. The summed E-state index contributed by atoms with van der Waals surface area (Å²) in [6.07, 6.45) is 0.295. The summed E-state index contributed by atoms with van der Waals surface area (Å²) in [5, 5.41) is 3.07. The van der Waals surface area contributed by atoms with Gasteiger partial charge in [0.15, 0.2) is 17.6 Å². The van der Waals surface area contributed by atoms with Gasteiger partial charge in [0.1, 0.15) is 0 Å². The van der Waals surface area contributed by atoms with E-state index >= 15 is 0 Å². The largest absolute Gasteiger partial charge is 0.493 e. The molecule has 0 fully saturated rings. The number of benzene rings is 1. The molecule has 0 saturated heterocycles. The van der Waals surface area contributed by atoms with Crippen LogP contribution in [0.2, 0.25) is 0 Å². The molecular weight excluding hydrogens is 278 g/mol. The Morgan fingerprint density at radius 3 is 2.18 bits per heavy atom. The van der Waals surface area contributed by atoms with Crippen molar-refractivity contribution in [2.24, 2.45) is 5.41 Å². The van der Waals surface area contributed by atoms with Gasteiger partial charge in [0.2, 0.25) is 0 Å². The van der Waals surface area contributed by atoms with Crippen LogP contribution in [-0.2, 0) is 4.79 Å². The summed E-state index contributed by atoms with van der Waals surface area (Å²) in [5.74, 6) is 1.07. The van der Waals surface area contributed by atoms with Crippen molar-refractivity contribution in [3.63, 3.8) is 0 Å². The number of hydrogen-bond acceptors (Lipinski definition) is 3. The van der Waals surface area contributed by atoms with Crippen molar-refractivity contribution >= 4 is 5.91 Å². The fourth-order valence-corrected chi connectivity index (χ4v) is 2.77. The SMILES string of the molecule is COc1ccccc1O[C@@H](C)C(=O)NC(C)(C)CC(C)(C)C. The first-order chi connectivity index (χ1) is 10.0. The van der Waals surface area contributed by atoms with Gasteiger partial charge < -0.3 is 14.8 Å². The number of ether oxygens (including phenoxy) is 2. The zero-order valence-electron chi connectivity index (χ0n) is 14.8. The summed E-state index contributed by atoms with van der Waals surface area (Å²) in [6, 6.07) is 7.32. The smallest absolute Gasteiger partial charge is 0.261 e. The number of nitrogens with one attached hydrogen (secondary N) is 1. The Balaban J connectivity index is 2.69. The lowest BCUT2D eigenvalue weighted by molar-refractivity contribution is -0.129. The van der Waals surface area contributed by atoms with Crippen molar-refractivity contribution in [3.8, 4) is 11.5 Å². The lowest BCUT2D eigenvalue weighted by atomic mass is 9.81. The van der Waals surface area contributed by atoms with E-state index < -0.39 is 6.10 Å². The minimum atomic E-state index is -0.587. The third kappa shape index (κ3) is 5.96. The fourth-order valence-electron chi connectivity index (χ4n) is 2.77. The molecule has 1 aromatic rings. The average Bonchev–Trinajstić information content (AvgIpc) is 2.35. The average molecular weight is 307 g/mol. The molecule has 1 amide bonds. The quantitative estimate of drug-likeness (QED) is 0.869. The van der Waals surface area contributed by atoms with Gasteiger partial charge in [-0.25, -0.2) is 0 Å². The lowest BCUT2D eigenvalue weighted by Crippen LogP contribution is -2.50. The monoisotopic (exact) mass is 307 g/mol. The zero-order valence-corrected chi connectivity index (χ0v) is 14.8. The number of carbonyl (C=O) groups is 1. The second kappa shape index (κ2) is 7.03. The minimum Gasteiger partial charge on any atom is -0.493 e. The van der Waals surface area contributed by atoms with Crippen LogP contribution in [0.25, 0.3) is 0 Å². The molecule has 1 aromatic carbocycles. The van der Waals surface area contributed by atoms with Crippen LogP contribution in [0.15, 0.2) is 24.3 Å². The van der Waals surface area contributed by atoms with Gasteiger partial charge in [0.25, 0.3) is 5.91 Å². The number of amides is 1. The lowest BCUT2D eigenvalue weighted by Gasteiger charge is -2.34. The molecular formula is C18H29NO3. The van der Waals surface area contributed by atoms with E-state index in [0.717, 1.165) is 6.42 Å². The standard InChI is InChI=1S/C18H29NO3/c1-13(22-15-11-9-8-10-14(15)21-7)16(20)19-18(5,6)12-17(2,3)4/h8-11,13H,12H2,1-7H3,(H,19,20)/t13-/m0/s1. The highest BCUT2D eigenvalue weighted by molar-refractivity contribution is 5.81. The van der Waals surface area contributed by atoms with Gasteiger partial charge >= 0.3 is 0 Å². The topological polar surface area (TPSA) is 47.6 Å². The van der Waals surface area contributed by atoms with Gasteiger partial charge in [-0.3, -0.25) is 4.79 Å². The van der Waals surface area contributed by atoms with Crippen molar-refractivity contribution < 1.29 is 14.3 Å². The first-order valence-electron chi connectivity index (χ1n) is 7.66. The molecule has 0 bridgehead atoms. The summed E-state index contributed by atoms with van der Waals surface area (Å²) in [7, 11) is 1.58. The van der Waals surface area contributed by atoms with Crippen molar-refractivity contribution in [1.29, 1.82) is 0 Å². The number of methoxy groups -OCH3 is 1. The van der Waals surface area contributed by atoms with Crippen molar-refractivity contribution in [2.75, 3.05) is 7.11 Å². The van der Waals surface area contributed by atoms with E-state index in [1.807, 2.05) is 32.0 Å². The Morgan fingerprint density at radius 2 is 1.68 bits per heavy atom. The highest BCUT2D eigenvalue weighted by Crippen LogP contribution is 2.28. The van der Waals surface area contributed by atoms with Crippen molar-refractivity contribution in [3.05, 3.63) is 24.3 Å². The van der Waals surface area contributed by atoms with E-state index in [9.17, 15) is 4.79 Å². The number of carbonyl (C=O) groups excluding carboxylic acids is 1. The van der Waals surface area contributed by atoms with Crippen LogP contribution in [0, 0.1) is 5.41 Å². The molecule has 0 aliphatic carbocycles. The predicted octanol–water partition coefficient (Wildman–Crippen LogP) is 3.79. The predicted molar refractivity (Wildman–Crippen MR) is 89.4 cm³/mol. The molecule has 0 radical (unpaired) electrons. The van der Waals surface area contributed by atoms with E-state index in [0.29, 0.717) is 11.5 Å². The Hall–Kier alpha value is -1.71. The number of rotatable bonds is 6. The van der Waals surface area contributed by atoms with Gasteiger partial charge in [0.05, 0.1) is 7.11 Å². The molecule has 0 unspecified atom stereocenters. The van der Waals surface area contributed by atoms with E-state index in [1.165, 1.54) is 0 Å². The summed E-state index contributed by atoms with van der Waals surface area (Å²) >= 11 is 0. The normalized spacial score (nSPS) is 13.4.